The van der Waals surface area contributed by atoms with Gasteiger partial charge in [-0.1, -0.05) is 6.92 Å². The first-order valence-electron chi connectivity index (χ1n) is 6.46. The molecule has 2 N–H and O–H groups in total. The van der Waals surface area contributed by atoms with E-state index in [2.05, 4.69) is 10.3 Å². The number of nitrogens with one attached hydrogen (secondary N) is 1. The average Bonchev–Trinajstić information content (AvgIpc) is 3.07. The summed E-state index contributed by atoms with van der Waals surface area (Å²) in [4.78, 5) is 29.7. The first-order chi connectivity index (χ1) is 10.1. The Morgan fingerprint density at radius 2 is 2.33 bits per heavy atom. The van der Waals surface area contributed by atoms with Gasteiger partial charge in [-0.15, -0.1) is 22.7 Å². The number of hydrogen-bond acceptors (Lipinski definition) is 5. The molecule has 1 atom stereocenters. The first kappa shape index (κ1) is 14.0. The summed E-state index contributed by atoms with van der Waals surface area (Å²) in [7, 11) is 0. The zero-order chi connectivity index (χ0) is 15.0. The SMILES string of the molecule is CCC(CC(=O)O)NC(=O)c1cc2c(nc3sccn32)s1. The Labute approximate surface area is 128 Å². The number of amides is 1. The smallest absolute Gasteiger partial charge is 0.305 e. The molecule has 0 bridgehead atoms. The fraction of sp³-hybridized carbons (Fsp3) is 0.308. The van der Waals surface area contributed by atoms with Gasteiger partial charge in [0.1, 0.15) is 4.83 Å². The Balaban J connectivity index is 1.83. The number of carboxylic acids is 1. The van der Waals surface area contributed by atoms with Crippen LogP contribution in [0.3, 0.4) is 0 Å². The van der Waals surface area contributed by atoms with Crippen LogP contribution in [-0.4, -0.2) is 32.4 Å². The van der Waals surface area contributed by atoms with E-state index < -0.39 is 5.97 Å². The van der Waals surface area contributed by atoms with Crippen molar-refractivity contribution in [1.82, 2.24) is 14.7 Å². The van der Waals surface area contributed by atoms with Crippen molar-refractivity contribution in [1.29, 1.82) is 0 Å². The highest BCUT2D eigenvalue weighted by atomic mass is 32.1. The van der Waals surface area contributed by atoms with E-state index in [-0.39, 0.29) is 18.4 Å². The summed E-state index contributed by atoms with van der Waals surface area (Å²) < 4.78 is 1.95. The summed E-state index contributed by atoms with van der Waals surface area (Å²) in [5.74, 6) is -1.15. The van der Waals surface area contributed by atoms with E-state index in [1.165, 1.54) is 11.3 Å². The molecule has 0 spiro atoms. The minimum atomic E-state index is -0.913. The van der Waals surface area contributed by atoms with Crippen LogP contribution in [0.2, 0.25) is 0 Å². The van der Waals surface area contributed by atoms with Gasteiger partial charge in [0.05, 0.1) is 16.8 Å². The normalized spacial score (nSPS) is 12.8. The molecule has 3 heterocycles. The minimum absolute atomic E-state index is 0.0683. The standard InChI is InChI=1S/C13H13N3O3S2/c1-2-7(5-10(17)18)14-11(19)9-6-8-12(21-9)15-13-16(8)3-4-20-13/h3-4,6-7H,2,5H2,1H3,(H,14,19)(H,17,18). The summed E-state index contributed by atoms with van der Waals surface area (Å²) in [5.41, 5.74) is 0.910. The molecule has 0 radical (unpaired) electrons. The van der Waals surface area contributed by atoms with Gasteiger partial charge in [0.15, 0.2) is 4.96 Å². The van der Waals surface area contributed by atoms with Gasteiger partial charge in [-0.05, 0) is 12.5 Å². The second-order valence-electron chi connectivity index (χ2n) is 4.64. The van der Waals surface area contributed by atoms with Crippen molar-refractivity contribution in [3.05, 3.63) is 22.5 Å². The number of carboxylic acid groups (broad SMARTS) is 1. The molecule has 6 nitrogen and oxygen atoms in total. The van der Waals surface area contributed by atoms with Crippen LogP contribution >= 0.6 is 22.7 Å². The first-order valence-corrected chi connectivity index (χ1v) is 8.16. The second kappa shape index (κ2) is 5.45. The van der Waals surface area contributed by atoms with Crippen molar-refractivity contribution < 1.29 is 14.7 Å². The maximum Gasteiger partial charge on any atom is 0.305 e. The molecule has 0 saturated heterocycles. The van der Waals surface area contributed by atoms with E-state index in [0.717, 1.165) is 15.3 Å². The summed E-state index contributed by atoms with van der Waals surface area (Å²) in [6.45, 7) is 1.85. The molecule has 110 valence electrons. The Bertz CT molecular complexity index is 817. The average molecular weight is 323 g/mol. The molecule has 3 rings (SSSR count). The molecule has 8 heteroatoms. The molecule has 1 unspecified atom stereocenters. The lowest BCUT2D eigenvalue weighted by molar-refractivity contribution is -0.137. The van der Waals surface area contributed by atoms with Crippen molar-refractivity contribution >= 4 is 49.9 Å². The molecule has 0 saturated carbocycles. The number of fused-ring (bicyclic) bond motifs is 3. The van der Waals surface area contributed by atoms with Gasteiger partial charge in [-0.2, -0.15) is 0 Å². The predicted octanol–water partition coefficient (Wildman–Crippen LogP) is 2.59. The van der Waals surface area contributed by atoms with Crippen LogP contribution < -0.4 is 5.32 Å². The Hall–Kier alpha value is -1.93. The molecule has 0 aliphatic heterocycles. The Kier molecular flexibility index (Phi) is 3.64. The highest BCUT2D eigenvalue weighted by Gasteiger charge is 2.19. The number of nitrogens with zero attached hydrogens (tertiary/aromatic N) is 2. The highest BCUT2D eigenvalue weighted by molar-refractivity contribution is 7.21. The third kappa shape index (κ3) is 2.64. The van der Waals surface area contributed by atoms with Gasteiger partial charge >= 0.3 is 5.97 Å². The molecular weight excluding hydrogens is 310 g/mol. The number of thiophene rings is 1. The molecule has 0 fully saturated rings. The molecule has 3 aromatic heterocycles. The van der Waals surface area contributed by atoms with E-state index in [4.69, 9.17) is 5.11 Å². The quantitative estimate of drug-likeness (QED) is 0.756. The van der Waals surface area contributed by atoms with E-state index in [1.54, 1.807) is 17.4 Å². The van der Waals surface area contributed by atoms with E-state index >= 15 is 0 Å². The molecular formula is C13H13N3O3S2. The van der Waals surface area contributed by atoms with E-state index in [9.17, 15) is 9.59 Å². The number of carbonyl (C=O) groups excluding carboxylic acids is 1. The Morgan fingerprint density at radius 3 is 3.05 bits per heavy atom. The van der Waals surface area contributed by atoms with Crippen LogP contribution in [0.1, 0.15) is 29.4 Å². The third-order valence-electron chi connectivity index (χ3n) is 3.21. The fourth-order valence-electron chi connectivity index (χ4n) is 2.12. The predicted molar refractivity (Wildman–Crippen MR) is 82.3 cm³/mol. The summed E-state index contributed by atoms with van der Waals surface area (Å²) in [6, 6.07) is 1.45. The summed E-state index contributed by atoms with van der Waals surface area (Å²) in [5, 5.41) is 13.5. The maximum absolute atomic E-state index is 12.2. The highest BCUT2D eigenvalue weighted by Crippen LogP contribution is 2.28. The van der Waals surface area contributed by atoms with E-state index in [1.807, 2.05) is 22.9 Å². The number of aliphatic carboxylic acids is 1. The fourth-order valence-corrected chi connectivity index (χ4v) is 3.83. The van der Waals surface area contributed by atoms with Crippen LogP contribution in [0.25, 0.3) is 15.3 Å². The van der Waals surface area contributed by atoms with Crippen LogP contribution in [0.4, 0.5) is 0 Å². The van der Waals surface area contributed by atoms with Gasteiger partial charge in [-0.25, -0.2) is 4.98 Å². The maximum atomic E-state index is 12.2. The van der Waals surface area contributed by atoms with Crippen LogP contribution in [-0.2, 0) is 4.79 Å². The molecule has 1 amide bonds. The lowest BCUT2D eigenvalue weighted by atomic mass is 10.1. The third-order valence-corrected chi connectivity index (χ3v) is 4.99. The van der Waals surface area contributed by atoms with E-state index in [0.29, 0.717) is 11.3 Å². The Morgan fingerprint density at radius 1 is 1.52 bits per heavy atom. The number of thiazole rings is 1. The second-order valence-corrected chi connectivity index (χ2v) is 6.55. The summed E-state index contributed by atoms with van der Waals surface area (Å²) >= 11 is 2.87. The zero-order valence-corrected chi connectivity index (χ0v) is 12.8. The topological polar surface area (TPSA) is 83.7 Å². The number of imidazole rings is 1. The lowest BCUT2D eigenvalue weighted by Crippen LogP contribution is -2.35. The monoisotopic (exact) mass is 323 g/mol. The largest absolute Gasteiger partial charge is 0.481 e. The lowest BCUT2D eigenvalue weighted by Gasteiger charge is -2.13. The molecule has 3 aromatic rings. The van der Waals surface area contributed by atoms with Crippen molar-refractivity contribution in [2.45, 2.75) is 25.8 Å². The number of rotatable bonds is 5. The van der Waals surface area contributed by atoms with Crippen molar-refractivity contribution in [2.24, 2.45) is 0 Å². The van der Waals surface area contributed by atoms with Crippen LogP contribution in [0.15, 0.2) is 17.6 Å². The van der Waals surface area contributed by atoms with Crippen molar-refractivity contribution in [2.75, 3.05) is 0 Å². The summed E-state index contributed by atoms with van der Waals surface area (Å²) in [6.07, 6.45) is 2.43. The molecule has 21 heavy (non-hydrogen) atoms. The van der Waals surface area contributed by atoms with Gasteiger partial charge < -0.3 is 10.4 Å². The number of carbonyl (C=O) groups is 2. The molecule has 0 aliphatic rings. The van der Waals surface area contributed by atoms with Crippen molar-refractivity contribution in [3.63, 3.8) is 0 Å². The van der Waals surface area contributed by atoms with Gasteiger partial charge in [-0.3, -0.25) is 14.0 Å². The van der Waals surface area contributed by atoms with Gasteiger partial charge in [0.2, 0.25) is 0 Å². The van der Waals surface area contributed by atoms with Crippen LogP contribution in [0.5, 0.6) is 0 Å². The zero-order valence-electron chi connectivity index (χ0n) is 11.2. The number of hydrogen-bond donors (Lipinski definition) is 2. The number of aromatic nitrogens is 2. The molecule has 0 aromatic carbocycles. The van der Waals surface area contributed by atoms with Crippen LogP contribution in [0, 0.1) is 0 Å². The minimum Gasteiger partial charge on any atom is -0.481 e. The van der Waals surface area contributed by atoms with Gasteiger partial charge in [0, 0.05) is 17.6 Å². The van der Waals surface area contributed by atoms with Gasteiger partial charge in [0.25, 0.3) is 5.91 Å². The van der Waals surface area contributed by atoms with Crippen molar-refractivity contribution in [3.8, 4) is 0 Å². The molecule has 0 aliphatic carbocycles.